The van der Waals surface area contributed by atoms with E-state index in [0.29, 0.717) is 35.9 Å². The van der Waals surface area contributed by atoms with E-state index < -0.39 is 0 Å². The minimum absolute atomic E-state index is 0.125. The van der Waals surface area contributed by atoms with Crippen LogP contribution in [0.25, 0.3) is 0 Å². The van der Waals surface area contributed by atoms with Gasteiger partial charge in [-0.15, -0.1) is 0 Å². The van der Waals surface area contributed by atoms with Crippen molar-refractivity contribution in [3.63, 3.8) is 0 Å². The van der Waals surface area contributed by atoms with E-state index in [4.69, 9.17) is 0 Å². The summed E-state index contributed by atoms with van der Waals surface area (Å²) >= 11 is 0. The Bertz CT molecular complexity index is 768. The predicted molar refractivity (Wildman–Crippen MR) is 96.1 cm³/mol. The van der Waals surface area contributed by atoms with Gasteiger partial charge in [0.1, 0.15) is 6.04 Å². The molecule has 1 aromatic carbocycles. The zero-order valence-electron chi connectivity index (χ0n) is 15.3. The summed E-state index contributed by atoms with van der Waals surface area (Å²) in [6.45, 7) is 2.21. The summed E-state index contributed by atoms with van der Waals surface area (Å²) in [7, 11) is 4.51. The number of hydrogen-bond acceptors (Lipinski definition) is 3. The third kappa shape index (κ3) is 1.27. The lowest BCUT2D eigenvalue weighted by Crippen LogP contribution is -2.81. The van der Waals surface area contributed by atoms with Crippen LogP contribution in [0, 0.1) is 17.8 Å². The molecule has 0 radical (unpaired) electrons. The van der Waals surface area contributed by atoms with E-state index in [1.165, 1.54) is 11.3 Å². The molecule has 0 amide bonds. The molecule has 1 saturated carbocycles. The standard InChI is InChI=1S/C21H29N2O2/c1-4-11-12-9-15-18-21(13-7-5-6-8-14(13)22(18)2)10-16(17(12)19(21)24)23(15,3)20(11)25/h5-8,11-12,15-20,24-25H,4,9-10H2,1-3H3/q+1/t11-,12+,15-,16-,17+,18-,19-,20+,21+,23?/m0/s1. The van der Waals surface area contributed by atoms with E-state index >= 15 is 0 Å². The van der Waals surface area contributed by atoms with Crippen LogP contribution in [-0.4, -0.2) is 59.2 Å². The van der Waals surface area contributed by atoms with Crippen LogP contribution in [0.15, 0.2) is 24.3 Å². The zero-order valence-corrected chi connectivity index (χ0v) is 15.3. The molecule has 4 nitrogen and oxygen atoms in total. The largest absolute Gasteiger partial charge is 0.392 e. The zero-order chi connectivity index (χ0) is 17.3. The minimum atomic E-state index is -0.273. The average Bonchev–Trinajstić information content (AvgIpc) is 2.99. The Morgan fingerprint density at radius 1 is 1.24 bits per heavy atom. The number of rotatable bonds is 1. The third-order valence-electron chi connectivity index (χ3n) is 9.39. The Balaban J connectivity index is 1.63. The molecular weight excluding hydrogens is 312 g/mol. The summed E-state index contributed by atoms with van der Waals surface area (Å²) in [6.07, 6.45) is 2.67. The highest BCUT2D eigenvalue weighted by Crippen LogP contribution is 2.70. The molecule has 1 aliphatic carbocycles. The molecule has 10 atom stereocenters. The molecule has 4 heteroatoms. The third-order valence-corrected chi connectivity index (χ3v) is 9.39. The lowest BCUT2D eigenvalue weighted by Gasteiger charge is -2.66. The Hall–Kier alpha value is -1.10. The Kier molecular flexibility index (Phi) is 2.54. The molecule has 134 valence electrons. The minimum Gasteiger partial charge on any atom is -0.392 e. The van der Waals surface area contributed by atoms with Gasteiger partial charge in [-0.1, -0.05) is 25.1 Å². The van der Waals surface area contributed by atoms with Crippen LogP contribution in [0.5, 0.6) is 0 Å². The number of aliphatic hydroxyl groups is 2. The number of likely N-dealkylation sites (N-methyl/N-ethyl adjacent to an activating group) is 2. The van der Waals surface area contributed by atoms with Gasteiger partial charge >= 0.3 is 0 Å². The number of para-hydroxylation sites is 1. The first-order valence-electron chi connectivity index (χ1n) is 10.0. The van der Waals surface area contributed by atoms with Crippen molar-refractivity contribution in [1.82, 2.24) is 0 Å². The van der Waals surface area contributed by atoms with Crippen molar-refractivity contribution in [3.05, 3.63) is 29.8 Å². The first kappa shape index (κ1) is 15.0. The van der Waals surface area contributed by atoms with Crippen LogP contribution in [0.2, 0.25) is 0 Å². The number of quaternary nitrogens is 1. The molecule has 1 unspecified atom stereocenters. The molecule has 4 saturated heterocycles. The Morgan fingerprint density at radius 3 is 2.76 bits per heavy atom. The molecule has 6 aliphatic rings. The SMILES string of the molecule is CC[C@H]1[C@H]2C[C@H]3[C@@H]4N(C)c5ccccc5[C@]45C[C@@H]([C@@H]2[C@@H]5O)[N+]3(C)[C@@H]1O. The summed E-state index contributed by atoms with van der Waals surface area (Å²) in [5, 5.41) is 23.1. The quantitative estimate of drug-likeness (QED) is 0.764. The molecule has 5 aliphatic heterocycles. The highest BCUT2D eigenvalue weighted by atomic mass is 16.3. The Morgan fingerprint density at radius 2 is 2.00 bits per heavy atom. The van der Waals surface area contributed by atoms with Crippen LogP contribution in [0.4, 0.5) is 5.69 Å². The monoisotopic (exact) mass is 341 g/mol. The number of aliphatic hydroxyl groups excluding tert-OH is 2. The molecule has 25 heavy (non-hydrogen) atoms. The van der Waals surface area contributed by atoms with Crippen molar-refractivity contribution in [2.45, 2.75) is 62.1 Å². The van der Waals surface area contributed by atoms with Gasteiger partial charge in [-0.2, -0.15) is 0 Å². The van der Waals surface area contributed by atoms with Gasteiger partial charge < -0.3 is 15.1 Å². The number of benzene rings is 1. The second-order valence-electron chi connectivity index (χ2n) is 9.58. The lowest BCUT2D eigenvalue weighted by atomic mass is 9.61. The predicted octanol–water partition coefficient (Wildman–Crippen LogP) is 1.70. The van der Waals surface area contributed by atoms with Crippen LogP contribution >= 0.6 is 0 Å². The number of hydrogen-bond donors (Lipinski definition) is 2. The van der Waals surface area contributed by atoms with Gasteiger partial charge in [0.2, 0.25) is 0 Å². The second kappa shape index (κ2) is 4.24. The summed E-state index contributed by atoms with van der Waals surface area (Å²) in [6, 6.07) is 9.87. The maximum absolute atomic E-state index is 11.7. The normalized spacial score (nSPS) is 57.1. The highest BCUT2D eigenvalue weighted by Gasteiger charge is 2.82. The lowest BCUT2D eigenvalue weighted by molar-refractivity contribution is -1.02. The molecule has 5 heterocycles. The van der Waals surface area contributed by atoms with E-state index in [1.54, 1.807) is 0 Å². The van der Waals surface area contributed by atoms with Gasteiger partial charge in [-0.25, -0.2) is 0 Å². The van der Waals surface area contributed by atoms with Crippen molar-refractivity contribution >= 4 is 5.69 Å². The fourth-order valence-electron chi connectivity index (χ4n) is 8.58. The average molecular weight is 341 g/mol. The number of nitrogens with zero attached hydrogens (tertiary/aromatic N) is 2. The fourth-order valence-corrected chi connectivity index (χ4v) is 8.58. The van der Waals surface area contributed by atoms with E-state index in [0.717, 1.165) is 23.7 Å². The van der Waals surface area contributed by atoms with Gasteiger partial charge in [0.25, 0.3) is 0 Å². The first-order chi connectivity index (χ1) is 12.0. The van der Waals surface area contributed by atoms with Gasteiger partial charge in [0, 0.05) is 37.4 Å². The first-order valence-corrected chi connectivity index (χ1v) is 10.0. The molecule has 2 N–H and O–H groups in total. The van der Waals surface area contributed by atoms with Crippen molar-refractivity contribution in [2.24, 2.45) is 17.8 Å². The van der Waals surface area contributed by atoms with Gasteiger partial charge in [0.15, 0.2) is 6.23 Å². The van der Waals surface area contributed by atoms with Crippen LogP contribution in [0.1, 0.15) is 31.7 Å². The number of anilines is 1. The van der Waals surface area contributed by atoms with Gasteiger partial charge in [0.05, 0.1) is 30.7 Å². The molecule has 0 aromatic heterocycles. The van der Waals surface area contributed by atoms with E-state index in [-0.39, 0.29) is 17.7 Å². The summed E-state index contributed by atoms with van der Waals surface area (Å²) in [4.78, 5) is 2.44. The fraction of sp³-hybridized carbons (Fsp3) is 0.714. The summed E-state index contributed by atoms with van der Waals surface area (Å²) in [5.74, 6) is 1.17. The molecule has 7 rings (SSSR count). The summed E-state index contributed by atoms with van der Waals surface area (Å²) in [5.41, 5.74) is 2.54. The summed E-state index contributed by atoms with van der Waals surface area (Å²) < 4.78 is 0.779. The molecular formula is C21H29N2O2+. The maximum Gasteiger partial charge on any atom is 0.193 e. The smallest absolute Gasteiger partial charge is 0.193 e. The van der Waals surface area contributed by atoms with Crippen molar-refractivity contribution in [1.29, 1.82) is 0 Å². The molecule has 1 aromatic rings. The molecule has 5 fully saturated rings. The van der Waals surface area contributed by atoms with E-state index in [1.807, 2.05) is 0 Å². The van der Waals surface area contributed by atoms with Crippen LogP contribution in [-0.2, 0) is 5.41 Å². The molecule has 5 bridgehead atoms. The molecule has 1 spiro atoms. The van der Waals surface area contributed by atoms with Gasteiger partial charge in [-0.05, 0) is 24.0 Å². The van der Waals surface area contributed by atoms with Crippen molar-refractivity contribution in [2.75, 3.05) is 19.0 Å². The van der Waals surface area contributed by atoms with E-state index in [9.17, 15) is 10.2 Å². The van der Waals surface area contributed by atoms with Crippen LogP contribution < -0.4 is 4.90 Å². The van der Waals surface area contributed by atoms with Crippen molar-refractivity contribution < 1.29 is 14.7 Å². The van der Waals surface area contributed by atoms with Crippen molar-refractivity contribution in [3.8, 4) is 0 Å². The van der Waals surface area contributed by atoms with E-state index in [2.05, 4.69) is 50.2 Å². The number of fused-ring (bicyclic) bond motifs is 2. The highest BCUT2D eigenvalue weighted by molar-refractivity contribution is 5.66. The van der Waals surface area contributed by atoms with Gasteiger partial charge in [-0.3, -0.25) is 4.48 Å². The topological polar surface area (TPSA) is 43.7 Å². The number of piperidine rings is 4. The second-order valence-corrected chi connectivity index (χ2v) is 9.58. The maximum atomic E-state index is 11.7. The Labute approximate surface area is 149 Å². The van der Waals surface area contributed by atoms with Crippen LogP contribution in [0.3, 0.4) is 0 Å².